The van der Waals surface area contributed by atoms with E-state index in [1.165, 1.54) is 16.7 Å². The Labute approximate surface area is 176 Å². The topological polar surface area (TPSA) is 76.0 Å². The second-order valence-corrected chi connectivity index (χ2v) is 8.38. The number of carbonyl (C=O) groups excluding carboxylic acids is 2. The van der Waals surface area contributed by atoms with Crippen molar-refractivity contribution in [2.24, 2.45) is 0 Å². The van der Waals surface area contributed by atoms with Crippen molar-refractivity contribution in [1.82, 2.24) is 15.2 Å². The quantitative estimate of drug-likeness (QED) is 0.417. The van der Waals surface area contributed by atoms with E-state index in [2.05, 4.69) is 22.3 Å². The largest absolute Gasteiger partial charge is 0.274 e. The Morgan fingerprint density at radius 1 is 0.833 bits per heavy atom. The average molecular weight is 410 g/mol. The van der Waals surface area contributed by atoms with Crippen LogP contribution in [0.15, 0.2) is 71.9 Å². The number of aromatic nitrogens is 3. The van der Waals surface area contributed by atoms with Gasteiger partial charge in [-0.1, -0.05) is 66.4 Å². The Morgan fingerprint density at radius 3 is 2.33 bits per heavy atom. The normalized spacial score (nSPS) is 17.1. The predicted molar refractivity (Wildman–Crippen MR) is 115 cm³/mol. The zero-order valence-electron chi connectivity index (χ0n) is 15.6. The maximum absolute atomic E-state index is 12.9. The van der Waals surface area contributed by atoms with E-state index in [1.807, 2.05) is 42.5 Å². The van der Waals surface area contributed by atoms with Crippen molar-refractivity contribution in [3.8, 4) is 22.5 Å². The van der Waals surface area contributed by atoms with E-state index in [-0.39, 0.29) is 18.2 Å². The number of para-hydroxylation sites is 1. The maximum atomic E-state index is 12.9. The summed E-state index contributed by atoms with van der Waals surface area (Å²) in [6.45, 7) is 0. The molecule has 2 amide bonds. The number of hydrogen-bond acceptors (Lipinski definition) is 6. The summed E-state index contributed by atoms with van der Waals surface area (Å²) in [6.07, 6.45) is 0.120. The summed E-state index contributed by atoms with van der Waals surface area (Å²) < 4.78 is 0. The Bertz CT molecular complexity index is 1350. The molecule has 0 spiro atoms. The highest BCUT2D eigenvalue weighted by Crippen LogP contribution is 2.45. The van der Waals surface area contributed by atoms with Crippen molar-refractivity contribution in [1.29, 1.82) is 0 Å². The summed E-state index contributed by atoms with van der Waals surface area (Å²) in [5, 5.41) is 10.8. The molecule has 30 heavy (non-hydrogen) atoms. The fourth-order valence-corrected chi connectivity index (χ4v) is 5.06. The summed E-state index contributed by atoms with van der Waals surface area (Å²) in [6, 6.07) is 21.2. The number of fused-ring (bicyclic) bond motifs is 3. The Balaban J connectivity index is 1.34. The summed E-state index contributed by atoms with van der Waals surface area (Å²) in [7, 11) is 0. The minimum atomic E-state index is -0.558. The molecule has 1 aromatic heterocycles. The van der Waals surface area contributed by atoms with Crippen LogP contribution in [0, 0.1) is 0 Å². The van der Waals surface area contributed by atoms with Crippen molar-refractivity contribution in [3.63, 3.8) is 0 Å². The van der Waals surface area contributed by atoms with Crippen LogP contribution in [0.1, 0.15) is 6.42 Å². The van der Waals surface area contributed by atoms with Gasteiger partial charge in [-0.25, -0.2) is 9.88 Å². The van der Waals surface area contributed by atoms with E-state index in [9.17, 15) is 9.59 Å². The zero-order valence-corrected chi connectivity index (χ0v) is 16.5. The minimum Gasteiger partial charge on any atom is -0.274 e. The van der Waals surface area contributed by atoms with Crippen molar-refractivity contribution in [2.45, 2.75) is 16.8 Å². The molecule has 4 aromatic rings. The molecule has 2 aliphatic rings. The number of rotatable bonds is 3. The average Bonchev–Trinajstić information content (AvgIpc) is 3.24. The first kappa shape index (κ1) is 17.3. The van der Waals surface area contributed by atoms with Crippen molar-refractivity contribution < 1.29 is 9.59 Å². The lowest BCUT2D eigenvalue weighted by molar-refractivity contribution is -0.121. The van der Waals surface area contributed by atoms with Gasteiger partial charge >= 0.3 is 0 Å². The number of benzene rings is 3. The van der Waals surface area contributed by atoms with Crippen LogP contribution in [0.2, 0.25) is 0 Å². The molecule has 0 saturated carbocycles. The molecule has 6 nitrogen and oxygen atoms in total. The van der Waals surface area contributed by atoms with E-state index in [1.54, 1.807) is 12.1 Å². The zero-order chi connectivity index (χ0) is 20.2. The van der Waals surface area contributed by atoms with Crippen LogP contribution >= 0.6 is 11.8 Å². The van der Waals surface area contributed by atoms with Gasteiger partial charge in [0.15, 0.2) is 0 Å². The lowest BCUT2D eigenvalue weighted by Crippen LogP contribution is -2.31. The Kier molecular flexibility index (Phi) is 3.73. The predicted octanol–water partition coefficient (Wildman–Crippen LogP) is 4.10. The molecule has 0 N–H and O–H groups in total. The van der Waals surface area contributed by atoms with Crippen LogP contribution in [0.25, 0.3) is 33.3 Å². The van der Waals surface area contributed by atoms with E-state index in [4.69, 9.17) is 4.98 Å². The number of thioether (sulfide) groups is 1. The minimum absolute atomic E-state index is 0.120. The van der Waals surface area contributed by atoms with Gasteiger partial charge in [0.05, 0.1) is 5.69 Å². The molecular weight excluding hydrogens is 396 g/mol. The van der Waals surface area contributed by atoms with E-state index in [0.29, 0.717) is 10.8 Å². The second-order valence-electron chi connectivity index (χ2n) is 7.21. The third kappa shape index (κ3) is 2.48. The van der Waals surface area contributed by atoms with Crippen molar-refractivity contribution >= 4 is 40.0 Å². The number of carbonyl (C=O) groups is 2. The number of amides is 2. The highest BCUT2D eigenvalue weighted by molar-refractivity contribution is 8.00. The molecule has 1 aliphatic heterocycles. The highest BCUT2D eigenvalue weighted by atomic mass is 32.2. The Morgan fingerprint density at radius 2 is 1.57 bits per heavy atom. The fourth-order valence-electron chi connectivity index (χ4n) is 4.14. The van der Waals surface area contributed by atoms with Crippen molar-refractivity contribution in [2.75, 3.05) is 4.90 Å². The molecule has 0 bridgehead atoms. The Hall–Kier alpha value is -3.58. The summed E-state index contributed by atoms with van der Waals surface area (Å²) >= 11 is 1.20. The third-order valence-corrected chi connectivity index (χ3v) is 6.49. The molecule has 1 saturated heterocycles. The molecule has 1 atom stereocenters. The second kappa shape index (κ2) is 6.47. The lowest BCUT2D eigenvalue weighted by atomic mass is 10.0. The van der Waals surface area contributed by atoms with Crippen molar-refractivity contribution in [3.05, 3.63) is 66.7 Å². The van der Waals surface area contributed by atoms with E-state index < -0.39 is 5.25 Å². The molecule has 3 aromatic carbocycles. The first-order chi connectivity index (χ1) is 14.7. The summed E-state index contributed by atoms with van der Waals surface area (Å²) in [5.74, 6) is -0.458. The molecular formula is C23H14N4O2S. The van der Waals surface area contributed by atoms with Crippen LogP contribution < -0.4 is 4.90 Å². The van der Waals surface area contributed by atoms with Gasteiger partial charge in [0.2, 0.25) is 17.0 Å². The van der Waals surface area contributed by atoms with Gasteiger partial charge in [-0.15, -0.1) is 10.2 Å². The number of anilines is 1. The first-order valence-corrected chi connectivity index (χ1v) is 10.4. The van der Waals surface area contributed by atoms with Gasteiger partial charge in [-0.2, -0.15) is 0 Å². The number of nitrogens with zero attached hydrogens (tertiary/aromatic N) is 4. The van der Waals surface area contributed by atoms with Gasteiger partial charge < -0.3 is 0 Å². The van der Waals surface area contributed by atoms with Crippen LogP contribution in [0.4, 0.5) is 5.69 Å². The van der Waals surface area contributed by atoms with Crippen LogP contribution in [-0.2, 0) is 9.59 Å². The molecule has 1 aliphatic carbocycles. The standard InChI is InChI=1S/C23H14N4O2S/c28-18-12-17(22(29)27(18)14-8-2-1-3-9-14)30-23-24-20-15-10-4-6-13-7-5-11-16(19(13)15)21(20)25-26-23/h1-11,17H,12H2/t17-/m0/s1. The van der Waals surface area contributed by atoms with Crippen LogP contribution in [-0.4, -0.2) is 32.2 Å². The fraction of sp³-hybridized carbons (Fsp3) is 0.0870. The molecule has 6 rings (SSSR count). The third-order valence-electron chi connectivity index (χ3n) is 5.45. The number of imide groups is 1. The molecule has 2 heterocycles. The number of hydrogen-bond donors (Lipinski definition) is 0. The van der Waals surface area contributed by atoms with Gasteiger partial charge in [0.1, 0.15) is 16.6 Å². The van der Waals surface area contributed by atoms with Gasteiger partial charge in [0.25, 0.3) is 0 Å². The summed E-state index contributed by atoms with van der Waals surface area (Å²) in [5.41, 5.74) is 4.17. The maximum Gasteiger partial charge on any atom is 0.247 e. The van der Waals surface area contributed by atoms with Crippen LogP contribution in [0.5, 0.6) is 0 Å². The highest BCUT2D eigenvalue weighted by Gasteiger charge is 2.41. The molecule has 0 radical (unpaired) electrons. The van der Waals surface area contributed by atoms with E-state index >= 15 is 0 Å². The van der Waals surface area contributed by atoms with E-state index in [0.717, 1.165) is 33.3 Å². The SMILES string of the molecule is O=C1C[C@H](Sc2nnc3c(n2)-c2cccc4cccc-3c24)C(=O)N1c1ccccc1. The lowest BCUT2D eigenvalue weighted by Gasteiger charge is -2.14. The monoisotopic (exact) mass is 410 g/mol. The molecule has 1 fully saturated rings. The van der Waals surface area contributed by atoms with Gasteiger partial charge in [-0.3, -0.25) is 9.59 Å². The molecule has 144 valence electrons. The molecule has 0 unspecified atom stereocenters. The smallest absolute Gasteiger partial charge is 0.247 e. The van der Waals surface area contributed by atoms with Crippen LogP contribution in [0.3, 0.4) is 0 Å². The molecule has 7 heteroatoms. The van der Waals surface area contributed by atoms with Gasteiger partial charge in [0, 0.05) is 22.9 Å². The van der Waals surface area contributed by atoms with Gasteiger partial charge in [-0.05, 0) is 17.5 Å². The first-order valence-electron chi connectivity index (χ1n) is 9.56. The summed E-state index contributed by atoms with van der Waals surface area (Å²) in [4.78, 5) is 31.3.